The van der Waals surface area contributed by atoms with Gasteiger partial charge in [0.05, 0.1) is 6.26 Å². The standard InChI is InChI=1S/C13H17N3O2S.2ClH/c1-9-11(13(17)16(3)7-6-14-2)15-12(19-9)10-5-4-8-18-10;;/h4-5,8,14H,6-7H2,1-3H3;2*1H. The first-order valence-electron chi connectivity index (χ1n) is 6.05. The molecular formula is C13H19Cl2N3O2S. The van der Waals surface area contributed by atoms with Crippen molar-refractivity contribution in [1.29, 1.82) is 0 Å². The topological polar surface area (TPSA) is 58.4 Å². The zero-order valence-electron chi connectivity index (χ0n) is 12.1. The van der Waals surface area contributed by atoms with Crippen molar-refractivity contribution >= 4 is 42.1 Å². The van der Waals surface area contributed by atoms with Crippen molar-refractivity contribution in [3.8, 4) is 10.8 Å². The van der Waals surface area contributed by atoms with Gasteiger partial charge < -0.3 is 14.6 Å². The molecule has 0 atom stereocenters. The maximum atomic E-state index is 12.3. The van der Waals surface area contributed by atoms with Gasteiger partial charge in [-0.15, -0.1) is 36.2 Å². The lowest BCUT2D eigenvalue weighted by Gasteiger charge is -2.15. The average Bonchev–Trinajstić information content (AvgIpc) is 3.03. The van der Waals surface area contributed by atoms with Crippen molar-refractivity contribution in [2.45, 2.75) is 6.92 Å². The number of carbonyl (C=O) groups excluding carboxylic acids is 1. The fourth-order valence-corrected chi connectivity index (χ4v) is 2.54. The smallest absolute Gasteiger partial charge is 0.273 e. The van der Waals surface area contributed by atoms with Gasteiger partial charge >= 0.3 is 0 Å². The fourth-order valence-electron chi connectivity index (χ4n) is 1.66. The van der Waals surface area contributed by atoms with E-state index in [1.165, 1.54) is 11.3 Å². The second-order valence-electron chi connectivity index (χ2n) is 4.23. The summed E-state index contributed by atoms with van der Waals surface area (Å²) in [5.74, 6) is 0.645. The molecule has 0 aliphatic rings. The molecule has 0 aliphatic heterocycles. The highest BCUT2D eigenvalue weighted by molar-refractivity contribution is 7.15. The van der Waals surface area contributed by atoms with Gasteiger partial charge in [-0.3, -0.25) is 4.79 Å². The lowest BCUT2D eigenvalue weighted by molar-refractivity contribution is 0.0791. The highest BCUT2D eigenvalue weighted by Crippen LogP contribution is 2.28. The summed E-state index contributed by atoms with van der Waals surface area (Å²) < 4.78 is 5.31. The molecule has 1 amide bonds. The number of amides is 1. The molecule has 0 aliphatic carbocycles. The second kappa shape index (κ2) is 9.04. The van der Waals surface area contributed by atoms with Crippen molar-refractivity contribution in [3.63, 3.8) is 0 Å². The molecule has 1 N–H and O–H groups in total. The third kappa shape index (κ3) is 4.71. The maximum Gasteiger partial charge on any atom is 0.273 e. The van der Waals surface area contributed by atoms with E-state index in [-0.39, 0.29) is 30.7 Å². The third-order valence-electron chi connectivity index (χ3n) is 2.78. The first-order valence-corrected chi connectivity index (χ1v) is 6.86. The lowest BCUT2D eigenvalue weighted by atomic mass is 10.3. The number of nitrogens with zero attached hydrogens (tertiary/aromatic N) is 2. The van der Waals surface area contributed by atoms with Gasteiger partial charge in [0.1, 0.15) is 5.69 Å². The van der Waals surface area contributed by atoms with E-state index in [0.29, 0.717) is 18.0 Å². The van der Waals surface area contributed by atoms with Crippen molar-refractivity contribution in [2.24, 2.45) is 0 Å². The maximum absolute atomic E-state index is 12.3. The Morgan fingerprint density at radius 2 is 2.19 bits per heavy atom. The van der Waals surface area contributed by atoms with E-state index in [1.807, 2.05) is 26.1 Å². The van der Waals surface area contributed by atoms with E-state index in [0.717, 1.165) is 16.4 Å². The van der Waals surface area contributed by atoms with Crippen LogP contribution in [0.3, 0.4) is 0 Å². The Balaban J connectivity index is 0.00000200. The zero-order chi connectivity index (χ0) is 13.8. The largest absolute Gasteiger partial charge is 0.462 e. The summed E-state index contributed by atoms with van der Waals surface area (Å²) >= 11 is 1.47. The molecule has 2 aromatic heterocycles. The predicted molar refractivity (Wildman–Crippen MR) is 89.9 cm³/mol. The van der Waals surface area contributed by atoms with Gasteiger partial charge in [-0.2, -0.15) is 0 Å². The number of hydrogen-bond donors (Lipinski definition) is 1. The van der Waals surface area contributed by atoms with E-state index < -0.39 is 0 Å². The van der Waals surface area contributed by atoms with Crippen LogP contribution in [0.4, 0.5) is 0 Å². The number of rotatable bonds is 5. The molecule has 0 fully saturated rings. The molecule has 2 rings (SSSR count). The first kappa shape index (κ1) is 19.9. The summed E-state index contributed by atoms with van der Waals surface area (Å²) in [5.41, 5.74) is 0.509. The van der Waals surface area contributed by atoms with Crippen LogP contribution in [0.15, 0.2) is 22.8 Å². The minimum absolute atomic E-state index is 0. The van der Waals surface area contributed by atoms with Gasteiger partial charge in [0.2, 0.25) is 0 Å². The van der Waals surface area contributed by atoms with Crippen molar-refractivity contribution in [3.05, 3.63) is 29.0 Å². The molecule has 118 valence electrons. The Bertz CT molecular complexity index is 558. The van der Waals surface area contributed by atoms with Crippen LogP contribution < -0.4 is 5.32 Å². The highest BCUT2D eigenvalue weighted by atomic mass is 35.5. The van der Waals surface area contributed by atoms with Crippen LogP contribution in [0.2, 0.25) is 0 Å². The minimum Gasteiger partial charge on any atom is -0.462 e. The molecule has 0 spiro atoms. The summed E-state index contributed by atoms with van der Waals surface area (Å²) in [7, 11) is 3.65. The van der Waals surface area contributed by atoms with Crippen LogP contribution in [0, 0.1) is 6.92 Å². The van der Waals surface area contributed by atoms with Gasteiger partial charge in [-0.1, -0.05) is 0 Å². The molecule has 2 heterocycles. The number of aryl methyl sites for hydroxylation is 1. The Labute approximate surface area is 140 Å². The second-order valence-corrected chi connectivity index (χ2v) is 5.43. The number of halogens is 2. The number of aromatic nitrogens is 1. The van der Waals surface area contributed by atoms with E-state index in [9.17, 15) is 4.79 Å². The highest BCUT2D eigenvalue weighted by Gasteiger charge is 2.20. The number of thiazole rings is 1. The van der Waals surface area contributed by atoms with Crippen LogP contribution in [0.25, 0.3) is 10.8 Å². The molecule has 0 unspecified atom stereocenters. The van der Waals surface area contributed by atoms with Crippen molar-refractivity contribution in [2.75, 3.05) is 27.2 Å². The van der Waals surface area contributed by atoms with E-state index in [4.69, 9.17) is 4.42 Å². The van der Waals surface area contributed by atoms with Gasteiger partial charge in [0, 0.05) is 25.0 Å². The molecule has 0 bridgehead atoms. The van der Waals surface area contributed by atoms with Crippen LogP contribution in [-0.2, 0) is 0 Å². The monoisotopic (exact) mass is 351 g/mol. The molecule has 8 heteroatoms. The molecule has 0 saturated heterocycles. The van der Waals surface area contributed by atoms with Crippen LogP contribution in [-0.4, -0.2) is 43.0 Å². The van der Waals surface area contributed by atoms with Gasteiger partial charge in [-0.25, -0.2) is 4.98 Å². The van der Waals surface area contributed by atoms with Gasteiger partial charge in [0.15, 0.2) is 10.8 Å². The van der Waals surface area contributed by atoms with Gasteiger partial charge in [-0.05, 0) is 26.1 Å². The molecule has 5 nitrogen and oxygen atoms in total. The molecule has 2 aromatic rings. The molecule has 0 radical (unpaired) electrons. The molecule has 0 saturated carbocycles. The van der Waals surface area contributed by atoms with E-state index in [2.05, 4.69) is 10.3 Å². The predicted octanol–water partition coefficient (Wildman–Crippen LogP) is 2.85. The number of likely N-dealkylation sites (N-methyl/N-ethyl adjacent to an activating group) is 2. The molecular weight excluding hydrogens is 333 g/mol. The summed E-state index contributed by atoms with van der Waals surface area (Å²) in [6.45, 7) is 3.32. The van der Waals surface area contributed by atoms with Gasteiger partial charge in [0.25, 0.3) is 5.91 Å². The Morgan fingerprint density at radius 3 is 2.76 bits per heavy atom. The average molecular weight is 352 g/mol. The summed E-state index contributed by atoms with van der Waals surface area (Å²) in [6.07, 6.45) is 1.60. The third-order valence-corrected chi connectivity index (χ3v) is 3.76. The number of furan rings is 1. The number of nitrogens with one attached hydrogen (secondary N) is 1. The van der Waals surface area contributed by atoms with Crippen molar-refractivity contribution < 1.29 is 9.21 Å². The Kier molecular flexibility index (Phi) is 8.58. The summed E-state index contributed by atoms with van der Waals surface area (Å²) in [6, 6.07) is 3.66. The van der Waals surface area contributed by atoms with Crippen LogP contribution in [0.1, 0.15) is 15.4 Å². The van der Waals surface area contributed by atoms with Crippen LogP contribution >= 0.6 is 36.2 Å². The SMILES string of the molecule is CNCCN(C)C(=O)c1nc(-c2ccco2)sc1C.Cl.Cl. The number of hydrogen-bond acceptors (Lipinski definition) is 5. The van der Waals surface area contributed by atoms with Crippen molar-refractivity contribution in [1.82, 2.24) is 15.2 Å². The minimum atomic E-state index is -0.0539. The normalized spacial score (nSPS) is 9.67. The quantitative estimate of drug-likeness (QED) is 0.899. The Hall–Kier alpha value is -1.08. The van der Waals surface area contributed by atoms with Crippen LogP contribution in [0.5, 0.6) is 0 Å². The molecule has 0 aromatic carbocycles. The first-order chi connectivity index (χ1) is 9.13. The lowest BCUT2D eigenvalue weighted by Crippen LogP contribution is -2.33. The molecule has 21 heavy (non-hydrogen) atoms. The number of carbonyl (C=O) groups is 1. The Morgan fingerprint density at radius 1 is 1.48 bits per heavy atom. The zero-order valence-corrected chi connectivity index (χ0v) is 14.5. The summed E-state index contributed by atoms with van der Waals surface area (Å²) in [5, 5.41) is 3.76. The van der Waals surface area contributed by atoms with E-state index in [1.54, 1.807) is 18.2 Å². The van der Waals surface area contributed by atoms with E-state index >= 15 is 0 Å². The fraction of sp³-hybridized carbons (Fsp3) is 0.385. The summed E-state index contributed by atoms with van der Waals surface area (Å²) in [4.78, 5) is 19.2.